The van der Waals surface area contributed by atoms with Crippen molar-refractivity contribution in [1.29, 1.82) is 0 Å². The third-order valence-electron chi connectivity index (χ3n) is 6.34. The second-order valence-electron chi connectivity index (χ2n) is 8.61. The van der Waals surface area contributed by atoms with Crippen LogP contribution >= 0.6 is 0 Å². The Bertz CT molecular complexity index is 956. The van der Waals surface area contributed by atoms with Crippen LogP contribution in [0.15, 0.2) is 36.4 Å². The van der Waals surface area contributed by atoms with Crippen molar-refractivity contribution in [3.05, 3.63) is 58.7 Å². The summed E-state index contributed by atoms with van der Waals surface area (Å²) in [5.74, 6) is 1.71. The molecule has 0 N–H and O–H groups in total. The summed E-state index contributed by atoms with van der Waals surface area (Å²) < 4.78 is 12.0. The van der Waals surface area contributed by atoms with E-state index in [1.54, 1.807) is 0 Å². The fraction of sp³-hybridized carbons (Fsp3) is 0.440. The number of hydrogen-bond acceptors (Lipinski definition) is 4. The van der Waals surface area contributed by atoms with E-state index >= 15 is 0 Å². The number of amides is 1. The van der Waals surface area contributed by atoms with Crippen molar-refractivity contribution in [2.24, 2.45) is 0 Å². The van der Waals surface area contributed by atoms with E-state index in [-0.39, 0.29) is 11.7 Å². The van der Waals surface area contributed by atoms with Crippen molar-refractivity contribution in [3.8, 4) is 11.5 Å². The minimum Gasteiger partial charge on any atom is -0.493 e. The lowest BCUT2D eigenvalue weighted by atomic mass is 9.82. The molecule has 0 atom stereocenters. The number of likely N-dealkylation sites (tertiary alicyclic amines) is 1. The van der Waals surface area contributed by atoms with E-state index in [0.29, 0.717) is 56.7 Å². The number of ether oxygens (including phenoxy) is 2. The predicted octanol–water partition coefficient (Wildman–Crippen LogP) is 4.41. The number of carbonyl (C=O) groups is 2. The predicted molar refractivity (Wildman–Crippen MR) is 115 cm³/mol. The van der Waals surface area contributed by atoms with E-state index < -0.39 is 5.60 Å². The number of piperidine rings is 1. The molecule has 0 radical (unpaired) electrons. The number of aryl methyl sites for hydroxylation is 3. The Balaban J connectivity index is 1.32. The van der Waals surface area contributed by atoms with Gasteiger partial charge in [0.15, 0.2) is 5.78 Å². The van der Waals surface area contributed by atoms with Gasteiger partial charge in [-0.1, -0.05) is 17.7 Å². The molecule has 2 aliphatic rings. The van der Waals surface area contributed by atoms with Gasteiger partial charge in [-0.05, 0) is 56.2 Å². The van der Waals surface area contributed by atoms with Crippen LogP contribution < -0.4 is 9.47 Å². The largest absolute Gasteiger partial charge is 0.493 e. The first kappa shape index (κ1) is 20.5. The van der Waals surface area contributed by atoms with Gasteiger partial charge in [-0.15, -0.1) is 0 Å². The standard InChI is InChI=1S/C25H29NO4/c1-17-4-6-20(7-5-17)29-13-8-24(28)26-11-9-25(10-12-26)16-22(27)21-14-18(2)19(3)15-23(21)30-25/h4-7,14-15H,8-13,16H2,1-3H3. The Labute approximate surface area is 178 Å². The number of ketones is 1. The van der Waals surface area contributed by atoms with Gasteiger partial charge in [-0.25, -0.2) is 0 Å². The van der Waals surface area contributed by atoms with Crippen LogP contribution in [0.5, 0.6) is 11.5 Å². The number of Topliss-reactive ketones (excluding diaryl/α,β-unsaturated/α-hetero) is 1. The number of hydrogen-bond donors (Lipinski definition) is 0. The molecule has 30 heavy (non-hydrogen) atoms. The molecule has 1 fully saturated rings. The first-order chi connectivity index (χ1) is 14.3. The van der Waals surface area contributed by atoms with Gasteiger partial charge in [-0.3, -0.25) is 9.59 Å². The molecule has 0 aromatic heterocycles. The number of fused-ring (bicyclic) bond motifs is 1. The lowest BCUT2D eigenvalue weighted by Crippen LogP contribution is -2.52. The lowest BCUT2D eigenvalue weighted by Gasteiger charge is -2.44. The molecule has 0 bridgehead atoms. The van der Waals surface area contributed by atoms with Crippen LogP contribution in [-0.2, 0) is 4.79 Å². The Morgan fingerprint density at radius 3 is 2.43 bits per heavy atom. The second-order valence-corrected chi connectivity index (χ2v) is 8.61. The van der Waals surface area contributed by atoms with Gasteiger partial charge < -0.3 is 14.4 Å². The van der Waals surface area contributed by atoms with Gasteiger partial charge in [0.2, 0.25) is 5.91 Å². The lowest BCUT2D eigenvalue weighted by molar-refractivity contribution is -0.135. The van der Waals surface area contributed by atoms with Crippen LogP contribution in [0.1, 0.15) is 52.7 Å². The summed E-state index contributed by atoms with van der Waals surface area (Å²) in [4.78, 5) is 27.2. The zero-order chi connectivity index (χ0) is 21.3. The van der Waals surface area contributed by atoms with Crippen molar-refractivity contribution in [2.45, 2.75) is 52.1 Å². The maximum Gasteiger partial charge on any atom is 0.226 e. The minimum absolute atomic E-state index is 0.0889. The summed E-state index contributed by atoms with van der Waals surface area (Å²) >= 11 is 0. The van der Waals surface area contributed by atoms with Crippen molar-refractivity contribution >= 4 is 11.7 Å². The quantitative estimate of drug-likeness (QED) is 0.753. The average molecular weight is 408 g/mol. The van der Waals surface area contributed by atoms with Crippen LogP contribution in [0.4, 0.5) is 0 Å². The van der Waals surface area contributed by atoms with Gasteiger partial charge in [-0.2, -0.15) is 0 Å². The monoisotopic (exact) mass is 407 g/mol. The molecule has 0 unspecified atom stereocenters. The molecule has 1 spiro atoms. The fourth-order valence-electron chi connectivity index (χ4n) is 4.24. The highest BCUT2D eigenvalue weighted by Gasteiger charge is 2.43. The average Bonchev–Trinajstić information content (AvgIpc) is 2.71. The third kappa shape index (κ3) is 4.20. The normalized spacial score (nSPS) is 17.4. The van der Waals surface area contributed by atoms with E-state index in [9.17, 15) is 9.59 Å². The topological polar surface area (TPSA) is 55.8 Å². The van der Waals surface area contributed by atoms with Crippen molar-refractivity contribution in [3.63, 3.8) is 0 Å². The minimum atomic E-state index is -0.485. The molecule has 2 heterocycles. The molecule has 0 saturated carbocycles. The van der Waals surface area contributed by atoms with Crippen LogP contribution in [-0.4, -0.2) is 41.9 Å². The Hall–Kier alpha value is -2.82. The molecule has 1 saturated heterocycles. The summed E-state index contributed by atoms with van der Waals surface area (Å²) in [6.45, 7) is 7.66. The molecular weight excluding hydrogens is 378 g/mol. The van der Waals surface area contributed by atoms with E-state index in [0.717, 1.165) is 16.9 Å². The smallest absolute Gasteiger partial charge is 0.226 e. The van der Waals surface area contributed by atoms with E-state index in [1.165, 1.54) is 5.56 Å². The number of benzene rings is 2. The zero-order valence-electron chi connectivity index (χ0n) is 18.0. The second kappa shape index (κ2) is 8.13. The molecule has 2 aromatic rings. The highest BCUT2D eigenvalue weighted by Crippen LogP contribution is 2.40. The molecule has 4 rings (SSSR count). The number of carbonyl (C=O) groups excluding carboxylic acids is 2. The summed E-state index contributed by atoms with van der Waals surface area (Å²) in [7, 11) is 0. The summed E-state index contributed by atoms with van der Waals surface area (Å²) in [6, 6.07) is 11.7. The van der Waals surface area contributed by atoms with Crippen LogP contribution in [0, 0.1) is 20.8 Å². The van der Waals surface area contributed by atoms with Crippen molar-refractivity contribution in [2.75, 3.05) is 19.7 Å². The van der Waals surface area contributed by atoms with Crippen molar-refractivity contribution < 1.29 is 19.1 Å². The molecule has 1 amide bonds. The number of nitrogens with zero attached hydrogens (tertiary/aromatic N) is 1. The van der Waals surface area contributed by atoms with Gasteiger partial charge in [0, 0.05) is 25.9 Å². The van der Waals surface area contributed by atoms with E-state index in [4.69, 9.17) is 9.47 Å². The molecule has 5 nitrogen and oxygen atoms in total. The van der Waals surface area contributed by atoms with Gasteiger partial charge in [0.25, 0.3) is 0 Å². The summed E-state index contributed by atoms with van der Waals surface area (Å²) in [5, 5.41) is 0. The SMILES string of the molecule is Cc1ccc(OCCC(=O)N2CCC3(CC2)CC(=O)c2cc(C)c(C)cc2O3)cc1. The molecule has 0 aliphatic carbocycles. The Morgan fingerprint density at radius 1 is 1.07 bits per heavy atom. The number of rotatable bonds is 4. The van der Waals surface area contributed by atoms with E-state index in [1.807, 2.05) is 62.1 Å². The zero-order valence-corrected chi connectivity index (χ0v) is 18.0. The summed E-state index contributed by atoms with van der Waals surface area (Å²) in [5.41, 5.74) is 3.61. The molecule has 5 heteroatoms. The Kier molecular flexibility index (Phi) is 5.54. The summed E-state index contributed by atoms with van der Waals surface area (Å²) in [6.07, 6.45) is 2.09. The first-order valence-corrected chi connectivity index (χ1v) is 10.7. The fourth-order valence-corrected chi connectivity index (χ4v) is 4.24. The highest BCUT2D eigenvalue weighted by molar-refractivity contribution is 6.00. The van der Waals surface area contributed by atoms with Crippen molar-refractivity contribution in [1.82, 2.24) is 4.90 Å². The molecule has 158 valence electrons. The van der Waals surface area contributed by atoms with Gasteiger partial charge in [0.1, 0.15) is 17.1 Å². The van der Waals surface area contributed by atoms with Crippen LogP contribution in [0.2, 0.25) is 0 Å². The van der Waals surface area contributed by atoms with Gasteiger partial charge in [0.05, 0.1) is 25.0 Å². The molecule has 2 aliphatic heterocycles. The maximum atomic E-state index is 12.8. The molecule has 2 aromatic carbocycles. The first-order valence-electron chi connectivity index (χ1n) is 10.7. The highest BCUT2D eigenvalue weighted by atomic mass is 16.5. The Morgan fingerprint density at radius 2 is 1.73 bits per heavy atom. The third-order valence-corrected chi connectivity index (χ3v) is 6.34. The molecular formula is C25H29NO4. The maximum absolute atomic E-state index is 12.8. The van der Waals surface area contributed by atoms with E-state index in [2.05, 4.69) is 0 Å². The van der Waals surface area contributed by atoms with Crippen LogP contribution in [0.3, 0.4) is 0 Å². The van der Waals surface area contributed by atoms with Crippen LogP contribution in [0.25, 0.3) is 0 Å². The van der Waals surface area contributed by atoms with Gasteiger partial charge >= 0.3 is 0 Å².